The van der Waals surface area contributed by atoms with Gasteiger partial charge in [-0.1, -0.05) is 34.3 Å². The van der Waals surface area contributed by atoms with Crippen molar-refractivity contribution in [2.45, 2.75) is 98.0 Å². The molecule has 0 aromatic heterocycles. The van der Waals surface area contributed by atoms with Crippen LogP contribution in [0.4, 0.5) is 0 Å². The lowest BCUT2D eigenvalue weighted by Gasteiger charge is -2.72. The van der Waals surface area contributed by atoms with Crippen molar-refractivity contribution in [1.82, 2.24) is 0 Å². The maximum Gasteiger partial charge on any atom is 0.312 e. The zero-order valence-corrected chi connectivity index (χ0v) is 24.2. The fourth-order valence-corrected chi connectivity index (χ4v) is 11.8. The van der Waals surface area contributed by atoms with Crippen LogP contribution in [0.3, 0.4) is 0 Å². The number of hydrogen-bond acceptors (Lipinski definition) is 6. The van der Waals surface area contributed by atoms with Gasteiger partial charge in [-0.2, -0.15) is 0 Å². The fourth-order valence-electron chi connectivity index (χ4n) is 11.8. The Hall–Kier alpha value is -0.950. The molecule has 0 spiro atoms. The third-order valence-corrected chi connectivity index (χ3v) is 14.0. The van der Waals surface area contributed by atoms with Gasteiger partial charge in [-0.25, -0.2) is 0 Å². The highest BCUT2D eigenvalue weighted by Gasteiger charge is 2.72. The van der Waals surface area contributed by atoms with Crippen LogP contribution in [0.15, 0.2) is 12.2 Å². The smallest absolute Gasteiger partial charge is 0.312 e. The Morgan fingerprint density at radius 3 is 2.26 bits per heavy atom. The maximum atomic E-state index is 13.7. The first-order valence-corrected chi connectivity index (χ1v) is 15.2. The average molecular weight is 533 g/mol. The van der Waals surface area contributed by atoms with Crippen molar-refractivity contribution < 1.29 is 30.0 Å². The molecule has 6 nitrogen and oxygen atoms in total. The Kier molecular flexibility index (Phi) is 7.19. The molecule has 5 rings (SSSR count). The molecule has 11 atom stereocenters. The number of rotatable bonds is 6. The van der Waals surface area contributed by atoms with E-state index in [0.29, 0.717) is 17.8 Å². The Bertz CT molecular complexity index is 950. The molecule has 0 heterocycles. The Labute approximate surface area is 229 Å². The number of carbonyl (C=O) groups excluding carboxylic acids is 1. The van der Waals surface area contributed by atoms with E-state index in [4.69, 9.17) is 4.74 Å². The summed E-state index contributed by atoms with van der Waals surface area (Å²) in [7, 11) is 0. The zero-order valence-electron chi connectivity index (χ0n) is 24.2. The van der Waals surface area contributed by atoms with E-state index in [1.165, 1.54) is 0 Å². The van der Waals surface area contributed by atoms with Crippen LogP contribution in [0.25, 0.3) is 0 Å². The summed E-state index contributed by atoms with van der Waals surface area (Å²) in [5.41, 5.74) is 0.0274. The van der Waals surface area contributed by atoms with Crippen molar-refractivity contribution in [3.8, 4) is 0 Å². The van der Waals surface area contributed by atoms with Gasteiger partial charge in [-0.3, -0.25) is 4.79 Å². The van der Waals surface area contributed by atoms with Crippen molar-refractivity contribution in [1.29, 1.82) is 0 Å². The number of ether oxygens (including phenoxy) is 1. The minimum absolute atomic E-state index is 0.0310. The average Bonchev–Trinajstić information content (AvgIpc) is 3.30. The van der Waals surface area contributed by atoms with Gasteiger partial charge >= 0.3 is 5.97 Å². The molecule has 6 heteroatoms. The van der Waals surface area contributed by atoms with Gasteiger partial charge in [0.2, 0.25) is 0 Å². The molecule has 0 saturated heterocycles. The summed E-state index contributed by atoms with van der Waals surface area (Å²) in [6, 6.07) is 0. The monoisotopic (exact) mass is 532 g/mol. The molecule has 0 amide bonds. The second kappa shape index (κ2) is 9.56. The minimum Gasteiger partial charge on any atom is -0.463 e. The molecule has 0 radical (unpaired) electrons. The van der Waals surface area contributed by atoms with Crippen LogP contribution in [0, 0.1) is 56.7 Å². The Morgan fingerprint density at radius 1 is 0.868 bits per heavy atom. The molecule has 5 aliphatic carbocycles. The lowest BCUT2D eigenvalue weighted by molar-refractivity contribution is -0.254. The Balaban J connectivity index is 1.54. The second-order valence-corrected chi connectivity index (χ2v) is 14.9. The van der Waals surface area contributed by atoms with E-state index in [2.05, 4.69) is 34.3 Å². The van der Waals surface area contributed by atoms with Gasteiger partial charge in [-0.05, 0) is 116 Å². The summed E-state index contributed by atoms with van der Waals surface area (Å²) < 4.78 is 5.65. The molecule has 0 aliphatic heterocycles. The molecule has 0 aromatic rings. The van der Waals surface area contributed by atoms with Crippen LogP contribution >= 0.6 is 0 Å². The molecule has 0 bridgehead atoms. The second-order valence-electron chi connectivity index (χ2n) is 14.9. The van der Waals surface area contributed by atoms with Crippen molar-refractivity contribution >= 4 is 5.97 Å². The molecule has 1 unspecified atom stereocenters. The maximum absolute atomic E-state index is 13.7. The van der Waals surface area contributed by atoms with E-state index in [1.807, 2.05) is 0 Å². The zero-order chi connectivity index (χ0) is 27.7. The lowest BCUT2D eigenvalue weighted by atomic mass is 9.32. The predicted octanol–water partition coefficient (Wildman–Crippen LogP) is 4.49. The van der Waals surface area contributed by atoms with E-state index >= 15 is 0 Å². The van der Waals surface area contributed by atoms with E-state index in [1.54, 1.807) is 0 Å². The predicted molar refractivity (Wildman–Crippen MR) is 146 cm³/mol. The third-order valence-electron chi connectivity index (χ3n) is 14.0. The van der Waals surface area contributed by atoms with Gasteiger partial charge in [0.15, 0.2) is 0 Å². The van der Waals surface area contributed by atoms with E-state index in [0.717, 1.165) is 69.8 Å². The molecular formula is C32H52O6. The quantitative estimate of drug-likeness (QED) is 0.297. The molecule has 216 valence electrons. The molecule has 0 aromatic carbocycles. The molecule has 4 N–H and O–H groups in total. The van der Waals surface area contributed by atoms with Crippen molar-refractivity contribution in [2.75, 3.05) is 26.4 Å². The van der Waals surface area contributed by atoms with Crippen LogP contribution in [-0.4, -0.2) is 58.9 Å². The number of fused-ring (bicyclic) bond motifs is 7. The first kappa shape index (κ1) is 28.6. The van der Waals surface area contributed by atoms with Crippen LogP contribution in [0.1, 0.15) is 91.9 Å². The normalized spacial score (nSPS) is 51.8. The van der Waals surface area contributed by atoms with Gasteiger partial charge in [0, 0.05) is 5.41 Å². The fraction of sp³-hybridized carbons (Fsp3) is 0.906. The highest BCUT2D eigenvalue weighted by Crippen LogP contribution is 2.77. The van der Waals surface area contributed by atoms with Crippen molar-refractivity contribution in [2.24, 2.45) is 56.7 Å². The van der Waals surface area contributed by atoms with E-state index in [9.17, 15) is 25.2 Å². The van der Waals surface area contributed by atoms with Gasteiger partial charge in [0.25, 0.3) is 0 Å². The van der Waals surface area contributed by atoms with E-state index < -0.39 is 16.9 Å². The van der Waals surface area contributed by atoms with Gasteiger partial charge in [0.05, 0.1) is 31.3 Å². The molecular weight excluding hydrogens is 480 g/mol. The van der Waals surface area contributed by atoms with E-state index in [-0.39, 0.29) is 60.5 Å². The Morgan fingerprint density at radius 2 is 1.61 bits per heavy atom. The van der Waals surface area contributed by atoms with Gasteiger partial charge in [0.1, 0.15) is 6.61 Å². The summed E-state index contributed by atoms with van der Waals surface area (Å²) in [5, 5.41) is 40.9. The minimum atomic E-state index is -0.559. The van der Waals surface area contributed by atoms with Crippen molar-refractivity contribution in [3.63, 3.8) is 0 Å². The van der Waals surface area contributed by atoms with Crippen LogP contribution in [0.5, 0.6) is 0 Å². The summed E-state index contributed by atoms with van der Waals surface area (Å²) in [4.78, 5) is 13.7. The number of carbonyl (C=O) groups is 1. The van der Waals surface area contributed by atoms with Crippen LogP contribution < -0.4 is 0 Å². The molecule has 5 fully saturated rings. The summed E-state index contributed by atoms with van der Waals surface area (Å²) in [6.07, 6.45) is 8.93. The number of esters is 1. The van der Waals surface area contributed by atoms with Crippen LogP contribution in [0.2, 0.25) is 0 Å². The molecule has 38 heavy (non-hydrogen) atoms. The standard InChI is InChI=1S/C32H52O6/c1-20(18-34)21-8-13-32(27(37)38-17-16-33)15-14-30(4)22(26(21)32)6-7-24-28(2)11-10-25(36)29(3,19-35)23(28)9-12-31(24,30)5/h21-26,33-36H,1,6-19H2,2-5H3/t21-,22?,23+,24+,25-,26+,28-,29-,30+,31+,32-/m0/s1. The number of aliphatic hydroxyl groups excluding tert-OH is 4. The van der Waals surface area contributed by atoms with Crippen LogP contribution in [-0.2, 0) is 9.53 Å². The topological polar surface area (TPSA) is 107 Å². The molecule has 5 aliphatic rings. The molecule has 5 saturated carbocycles. The van der Waals surface area contributed by atoms with Gasteiger partial charge < -0.3 is 25.2 Å². The summed E-state index contributed by atoms with van der Waals surface area (Å²) in [6.45, 7) is 13.7. The summed E-state index contributed by atoms with van der Waals surface area (Å²) >= 11 is 0. The largest absolute Gasteiger partial charge is 0.463 e. The van der Waals surface area contributed by atoms with Crippen molar-refractivity contribution in [3.05, 3.63) is 12.2 Å². The first-order valence-electron chi connectivity index (χ1n) is 15.2. The highest BCUT2D eigenvalue weighted by atomic mass is 16.5. The number of aliphatic hydroxyl groups is 4. The summed E-state index contributed by atoms with van der Waals surface area (Å²) in [5.74, 6) is 1.20. The lowest BCUT2D eigenvalue weighted by Crippen LogP contribution is -2.67. The third kappa shape index (κ3) is 3.55. The SMILES string of the molecule is C=C(CO)[C@@H]1CC[C@]2(C(=O)OCCO)CC[C@]3(C)C(CC[C@@H]4[C@@]5(C)CC[C@H](O)[C@@](C)(CO)[C@@H]5CC[C@]43C)[C@@H]12. The highest BCUT2D eigenvalue weighted by molar-refractivity contribution is 5.78. The van der Waals surface area contributed by atoms with Gasteiger partial charge in [-0.15, -0.1) is 0 Å². The first-order chi connectivity index (χ1) is 17.9. The number of hydrogen-bond donors (Lipinski definition) is 4.